The molecule has 0 bridgehead atoms. The topological polar surface area (TPSA) is 81.3 Å². The molecule has 0 aliphatic rings. The molecule has 0 fully saturated rings. The third-order valence-electron chi connectivity index (χ3n) is 8.26. The highest BCUT2D eigenvalue weighted by Gasteiger charge is 2.24. The molecular weight excluding hydrogens is 570 g/mol. The number of fused-ring (bicyclic) bond motifs is 1. The largest absolute Gasteiger partial charge is 0.326 e. The van der Waals surface area contributed by atoms with Crippen LogP contribution in [0, 0.1) is 11.8 Å². The van der Waals surface area contributed by atoms with Crippen LogP contribution >= 0.6 is 0 Å². The van der Waals surface area contributed by atoms with Crippen LogP contribution in [0.2, 0.25) is 0 Å². The van der Waals surface area contributed by atoms with Gasteiger partial charge in [0.2, 0.25) is 0 Å². The number of benzene rings is 2. The number of nitrogens with one attached hydrogen (secondary N) is 2. The van der Waals surface area contributed by atoms with E-state index in [-0.39, 0.29) is 23.4 Å². The number of anilines is 2. The van der Waals surface area contributed by atoms with Crippen molar-refractivity contribution in [2.24, 2.45) is 0 Å². The number of rotatable bonds is 12. The minimum atomic E-state index is -0.336. The van der Waals surface area contributed by atoms with Crippen molar-refractivity contribution in [1.29, 1.82) is 0 Å². The van der Waals surface area contributed by atoms with Crippen molar-refractivity contribution < 1.29 is 4.79 Å². The van der Waals surface area contributed by atoms with Gasteiger partial charge in [0.15, 0.2) is 0 Å². The van der Waals surface area contributed by atoms with Crippen LogP contribution in [0.3, 0.4) is 0 Å². The lowest BCUT2D eigenvalue weighted by molar-refractivity contribution is 0.256. The number of carbonyl (C=O) groups is 1. The summed E-state index contributed by atoms with van der Waals surface area (Å²) in [4.78, 5) is 38.3. The fourth-order valence-electron chi connectivity index (χ4n) is 5.65. The Balaban J connectivity index is 1.72. The molecule has 2 aromatic heterocycles. The lowest BCUT2D eigenvalue weighted by atomic mass is 9.88. The summed E-state index contributed by atoms with van der Waals surface area (Å²) in [6.07, 6.45) is 4.41. The number of nitrogens with zero attached hydrogens (tertiary/aromatic N) is 3. The van der Waals surface area contributed by atoms with E-state index in [0.29, 0.717) is 17.9 Å². The monoisotopic (exact) mass is 619 g/mol. The quantitative estimate of drug-likeness (QED) is 0.155. The van der Waals surface area contributed by atoms with Crippen LogP contribution in [0.5, 0.6) is 0 Å². The number of hydrogen-bond donors (Lipinski definition) is 2. The second-order valence-electron chi connectivity index (χ2n) is 12.5. The van der Waals surface area contributed by atoms with Crippen LogP contribution in [0.25, 0.3) is 22.2 Å². The Morgan fingerprint density at radius 1 is 0.913 bits per heavy atom. The Labute approximate surface area is 274 Å². The van der Waals surface area contributed by atoms with Gasteiger partial charge >= 0.3 is 6.03 Å². The summed E-state index contributed by atoms with van der Waals surface area (Å²) in [5.74, 6) is 7.01. The molecule has 0 unspecified atom stereocenters. The zero-order valence-corrected chi connectivity index (χ0v) is 28.5. The van der Waals surface area contributed by atoms with E-state index in [1.54, 1.807) is 17.2 Å². The van der Waals surface area contributed by atoms with E-state index in [1.165, 1.54) is 0 Å². The van der Waals surface area contributed by atoms with Crippen LogP contribution in [0.4, 0.5) is 16.2 Å². The first-order chi connectivity index (χ1) is 22.2. The number of unbranched alkanes of at least 4 members (excludes halogenated alkanes) is 1. The maximum atomic E-state index is 14.1. The molecule has 7 nitrogen and oxygen atoms in total. The molecule has 4 aromatic rings. The summed E-state index contributed by atoms with van der Waals surface area (Å²) in [5, 5.41) is 4.04. The first-order valence-electron chi connectivity index (χ1n) is 16.7. The molecule has 46 heavy (non-hydrogen) atoms. The Hall–Kier alpha value is -4.41. The lowest BCUT2D eigenvalue weighted by Gasteiger charge is -2.27. The number of H-pyrrole nitrogens is 1. The standard InChI is InChI=1S/C39H49N5O2/c1-8-11-22-44(35-26-31-18-13-19-40-37(31)42-38(35)45)39(46)41-36-33(27(4)5)24-32(25-34(36)28(6)7)30-17-12-15-29(23-30)16-14-21-43(10-3)20-9-2/h12-13,15,17-19,23-28H,8-11,20-22H2,1-7H3,(H,41,46)(H,40,42,45). The minimum Gasteiger partial charge on any atom is -0.307 e. The fourth-order valence-corrected chi connectivity index (χ4v) is 5.65. The first-order valence-corrected chi connectivity index (χ1v) is 16.7. The third-order valence-corrected chi connectivity index (χ3v) is 8.26. The number of hydrogen-bond acceptors (Lipinski definition) is 4. The SMILES string of the molecule is CCCCN(C(=O)Nc1c(C(C)C)cc(-c2cccc(C#CCN(CC)CCC)c2)cc1C(C)C)c1cc2cccnc2[nH]c1=O. The zero-order valence-electron chi connectivity index (χ0n) is 28.5. The van der Waals surface area contributed by atoms with E-state index >= 15 is 0 Å². The number of aromatic nitrogens is 2. The molecule has 4 rings (SSSR count). The van der Waals surface area contributed by atoms with Gasteiger partial charge in [0.1, 0.15) is 11.3 Å². The predicted molar refractivity (Wildman–Crippen MR) is 193 cm³/mol. The molecule has 0 saturated heterocycles. The van der Waals surface area contributed by atoms with E-state index in [9.17, 15) is 9.59 Å². The number of urea groups is 1. The molecule has 2 N–H and O–H groups in total. The molecule has 2 heterocycles. The molecule has 0 radical (unpaired) electrons. The summed E-state index contributed by atoms with van der Waals surface area (Å²) in [5.41, 5.74) is 6.57. The molecule has 0 aliphatic heterocycles. The van der Waals surface area contributed by atoms with Crippen LogP contribution < -0.4 is 15.8 Å². The van der Waals surface area contributed by atoms with Gasteiger partial charge in [-0.2, -0.15) is 0 Å². The molecule has 242 valence electrons. The third kappa shape index (κ3) is 8.44. The molecule has 0 spiro atoms. The van der Waals surface area contributed by atoms with Gasteiger partial charge in [0.05, 0.1) is 6.54 Å². The van der Waals surface area contributed by atoms with E-state index in [1.807, 2.05) is 12.1 Å². The van der Waals surface area contributed by atoms with Crippen molar-refractivity contribution >= 4 is 28.4 Å². The van der Waals surface area contributed by atoms with Crippen molar-refractivity contribution in [3.8, 4) is 23.0 Å². The highest BCUT2D eigenvalue weighted by atomic mass is 16.2. The van der Waals surface area contributed by atoms with Gasteiger partial charge < -0.3 is 10.3 Å². The number of amides is 2. The van der Waals surface area contributed by atoms with E-state index in [2.05, 4.69) is 117 Å². The van der Waals surface area contributed by atoms with Gasteiger partial charge in [-0.25, -0.2) is 9.78 Å². The van der Waals surface area contributed by atoms with Crippen LogP contribution in [0.1, 0.15) is 96.3 Å². The lowest BCUT2D eigenvalue weighted by Crippen LogP contribution is -2.39. The number of pyridine rings is 2. The maximum Gasteiger partial charge on any atom is 0.326 e. The van der Waals surface area contributed by atoms with E-state index in [4.69, 9.17) is 0 Å². The minimum absolute atomic E-state index is 0.147. The summed E-state index contributed by atoms with van der Waals surface area (Å²) in [6, 6.07) is 17.9. The van der Waals surface area contributed by atoms with Crippen LogP contribution in [-0.4, -0.2) is 47.1 Å². The van der Waals surface area contributed by atoms with Gasteiger partial charge in [-0.05, 0) is 102 Å². The van der Waals surface area contributed by atoms with Crippen LogP contribution in [0.15, 0.2) is 65.6 Å². The van der Waals surface area contributed by atoms with Crippen molar-refractivity contribution in [2.45, 2.75) is 79.6 Å². The van der Waals surface area contributed by atoms with Crippen molar-refractivity contribution in [1.82, 2.24) is 14.9 Å². The van der Waals surface area contributed by atoms with Crippen molar-refractivity contribution in [3.05, 3.63) is 87.8 Å². The second-order valence-corrected chi connectivity index (χ2v) is 12.5. The number of carbonyl (C=O) groups excluding carboxylic acids is 1. The van der Waals surface area contributed by atoms with Crippen molar-refractivity contribution in [2.75, 3.05) is 36.4 Å². The van der Waals surface area contributed by atoms with Gasteiger partial charge in [0, 0.05) is 29.4 Å². The summed E-state index contributed by atoms with van der Waals surface area (Å²) in [7, 11) is 0. The molecule has 2 amide bonds. The molecule has 7 heteroatoms. The molecule has 2 aromatic carbocycles. The Morgan fingerprint density at radius 3 is 2.30 bits per heavy atom. The highest BCUT2D eigenvalue weighted by Crippen LogP contribution is 2.38. The van der Waals surface area contributed by atoms with E-state index in [0.717, 1.165) is 77.8 Å². The zero-order chi connectivity index (χ0) is 33.2. The first kappa shape index (κ1) is 34.5. The smallest absolute Gasteiger partial charge is 0.307 e. The van der Waals surface area contributed by atoms with Gasteiger partial charge in [-0.1, -0.05) is 78.9 Å². The normalized spacial score (nSPS) is 11.3. The van der Waals surface area contributed by atoms with Gasteiger partial charge in [-0.15, -0.1) is 0 Å². The fraction of sp³-hybridized carbons (Fsp3) is 0.410. The molecule has 0 saturated carbocycles. The number of aromatic amines is 1. The predicted octanol–water partition coefficient (Wildman–Crippen LogP) is 8.76. The highest BCUT2D eigenvalue weighted by molar-refractivity contribution is 6.03. The summed E-state index contributed by atoms with van der Waals surface area (Å²) in [6.45, 7) is 18.2. The molecule has 0 atom stereocenters. The Morgan fingerprint density at radius 2 is 1.65 bits per heavy atom. The Bertz CT molecular complexity index is 1730. The average Bonchev–Trinajstić information content (AvgIpc) is 3.04. The van der Waals surface area contributed by atoms with E-state index < -0.39 is 0 Å². The summed E-state index contributed by atoms with van der Waals surface area (Å²) >= 11 is 0. The summed E-state index contributed by atoms with van der Waals surface area (Å²) < 4.78 is 0. The maximum absolute atomic E-state index is 14.1. The molecule has 0 aliphatic carbocycles. The van der Waals surface area contributed by atoms with Crippen molar-refractivity contribution in [3.63, 3.8) is 0 Å². The average molecular weight is 620 g/mol. The van der Waals surface area contributed by atoms with Crippen LogP contribution in [-0.2, 0) is 0 Å². The molecular formula is C39H49N5O2. The Kier molecular flexibility index (Phi) is 12.2. The van der Waals surface area contributed by atoms with Gasteiger partial charge in [0.25, 0.3) is 5.56 Å². The van der Waals surface area contributed by atoms with Gasteiger partial charge in [-0.3, -0.25) is 14.6 Å². The second kappa shape index (κ2) is 16.2.